The number of nitrogens with one attached hydrogen (secondary N) is 2. The van der Waals surface area contributed by atoms with E-state index in [0.29, 0.717) is 64.2 Å². The van der Waals surface area contributed by atoms with Gasteiger partial charge in [0, 0.05) is 44.6 Å². The Morgan fingerprint density at radius 2 is 1.68 bits per heavy atom. The van der Waals surface area contributed by atoms with Crippen LogP contribution in [-0.2, 0) is 9.53 Å². The van der Waals surface area contributed by atoms with Crippen LogP contribution in [-0.4, -0.2) is 78.6 Å². The second-order valence-corrected chi connectivity index (χ2v) is 10.2. The van der Waals surface area contributed by atoms with Crippen molar-refractivity contribution in [3.8, 4) is 6.07 Å². The number of benzene rings is 1. The number of rotatable bonds is 5. The number of amides is 4. The summed E-state index contributed by atoms with van der Waals surface area (Å²) in [5.74, 6) is -0.456. The van der Waals surface area contributed by atoms with Gasteiger partial charge in [-0.2, -0.15) is 5.26 Å². The lowest BCUT2D eigenvalue weighted by molar-refractivity contribution is -0.125. The number of ether oxygens (including phenoxy) is 1. The lowest BCUT2D eigenvalue weighted by atomic mass is 9.85. The van der Waals surface area contributed by atoms with Crippen LogP contribution in [0.15, 0.2) is 30.3 Å². The molecule has 0 aromatic heterocycles. The fourth-order valence-corrected chi connectivity index (χ4v) is 4.27. The molecule has 9 heteroatoms. The van der Waals surface area contributed by atoms with E-state index in [-0.39, 0.29) is 23.3 Å². The van der Waals surface area contributed by atoms with Crippen LogP contribution in [0.1, 0.15) is 50.4 Å². The Hall–Kier alpha value is -3.12. The maximum absolute atomic E-state index is 13.3. The summed E-state index contributed by atoms with van der Waals surface area (Å²) in [5.41, 5.74) is -0.692. The second kappa shape index (κ2) is 10.9. The van der Waals surface area contributed by atoms with Crippen molar-refractivity contribution in [3.05, 3.63) is 35.9 Å². The Morgan fingerprint density at radius 1 is 1.06 bits per heavy atom. The molecule has 2 saturated heterocycles. The second-order valence-electron chi connectivity index (χ2n) is 10.2. The van der Waals surface area contributed by atoms with Crippen LogP contribution in [0, 0.1) is 16.7 Å². The number of morpholine rings is 1. The number of nitriles is 1. The highest BCUT2D eigenvalue weighted by Gasteiger charge is 2.40. The highest BCUT2D eigenvalue weighted by Crippen LogP contribution is 2.25. The van der Waals surface area contributed by atoms with Crippen LogP contribution in [0.3, 0.4) is 0 Å². The molecule has 34 heavy (non-hydrogen) atoms. The molecule has 0 bridgehead atoms. The quantitative estimate of drug-likeness (QED) is 0.686. The first kappa shape index (κ1) is 25.5. The smallest absolute Gasteiger partial charge is 0.318 e. The van der Waals surface area contributed by atoms with Crippen molar-refractivity contribution in [1.82, 2.24) is 20.4 Å². The third-order valence-electron chi connectivity index (χ3n) is 6.23. The number of nitrogens with zero attached hydrogens (tertiary/aromatic N) is 3. The molecule has 3 rings (SSSR count). The van der Waals surface area contributed by atoms with Crippen LogP contribution in [0.5, 0.6) is 0 Å². The standard InChI is InChI=1S/C25H35N5O4/c1-24(2,3)17-20(27-23(33)30-13-15-34-16-14-30)21(31)28-25(18-26)9-11-29(12-10-25)22(32)19-7-5-4-6-8-19/h4-8,20H,9-17H2,1-3H3,(H,27,33)(H,28,31). The van der Waals surface area contributed by atoms with Gasteiger partial charge in [-0.1, -0.05) is 39.0 Å². The lowest BCUT2D eigenvalue weighted by Gasteiger charge is -2.39. The van der Waals surface area contributed by atoms with Gasteiger partial charge in [-0.05, 0) is 24.0 Å². The van der Waals surface area contributed by atoms with E-state index >= 15 is 0 Å². The summed E-state index contributed by atoms with van der Waals surface area (Å²) in [4.78, 5) is 42.2. The highest BCUT2D eigenvalue weighted by atomic mass is 16.5. The van der Waals surface area contributed by atoms with E-state index in [1.165, 1.54) is 0 Å². The van der Waals surface area contributed by atoms with E-state index in [2.05, 4.69) is 16.7 Å². The van der Waals surface area contributed by atoms with Crippen molar-refractivity contribution in [1.29, 1.82) is 5.26 Å². The van der Waals surface area contributed by atoms with Gasteiger partial charge in [0.1, 0.15) is 11.6 Å². The zero-order valence-electron chi connectivity index (χ0n) is 20.3. The molecule has 184 valence electrons. The first-order valence-corrected chi connectivity index (χ1v) is 11.8. The molecule has 2 fully saturated rings. The molecular formula is C25H35N5O4. The van der Waals surface area contributed by atoms with Crippen LogP contribution in [0.2, 0.25) is 0 Å². The van der Waals surface area contributed by atoms with E-state index in [4.69, 9.17) is 4.74 Å². The molecule has 2 aliphatic heterocycles. The van der Waals surface area contributed by atoms with Gasteiger partial charge in [0.05, 0.1) is 19.3 Å². The number of likely N-dealkylation sites (tertiary alicyclic amines) is 1. The number of carbonyl (C=O) groups excluding carboxylic acids is 3. The average Bonchev–Trinajstić information content (AvgIpc) is 2.84. The number of hydrogen-bond donors (Lipinski definition) is 2. The molecular weight excluding hydrogens is 434 g/mol. The maximum Gasteiger partial charge on any atom is 0.318 e. The average molecular weight is 470 g/mol. The predicted molar refractivity (Wildman–Crippen MR) is 127 cm³/mol. The zero-order valence-corrected chi connectivity index (χ0v) is 20.3. The fourth-order valence-electron chi connectivity index (χ4n) is 4.27. The highest BCUT2D eigenvalue weighted by molar-refractivity contribution is 5.94. The van der Waals surface area contributed by atoms with Gasteiger partial charge < -0.3 is 25.2 Å². The van der Waals surface area contributed by atoms with Crippen LogP contribution in [0.25, 0.3) is 0 Å². The van der Waals surface area contributed by atoms with Crippen molar-refractivity contribution in [2.75, 3.05) is 39.4 Å². The molecule has 1 atom stereocenters. The van der Waals surface area contributed by atoms with E-state index in [0.717, 1.165) is 0 Å². The van der Waals surface area contributed by atoms with Gasteiger partial charge in [-0.25, -0.2) is 4.79 Å². The zero-order chi connectivity index (χ0) is 24.8. The topological polar surface area (TPSA) is 115 Å². The van der Waals surface area contributed by atoms with E-state index in [1.54, 1.807) is 21.9 Å². The number of urea groups is 1. The van der Waals surface area contributed by atoms with Gasteiger partial charge in [-0.15, -0.1) is 0 Å². The number of carbonyl (C=O) groups is 3. The first-order chi connectivity index (χ1) is 16.1. The third kappa shape index (κ3) is 6.70. The summed E-state index contributed by atoms with van der Waals surface area (Å²) in [5, 5.41) is 15.7. The summed E-state index contributed by atoms with van der Waals surface area (Å²) in [6.45, 7) is 8.63. The number of hydrogen-bond acceptors (Lipinski definition) is 5. The maximum atomic E-state index is 13.3. The van der Waals surface area contributed by atoms with Crippen LogP contribution in [0.4, 0.5) is 4.79 Å². The summed E-state index contributed by atoms with van der Waals surface area (Å²) < 4.78 is 5.30. The minimum absolute atomic E-state index is 0.0816. The monoisotopic (exact) mass is 469 g/mol. The fraction of sp³-hybridized carbons (Fsp3) is 0.600. The summed E-state index contributed by atoms with van der Waals surface area (Å²) in [6.07, 6.45) is 1.08. The van der Waals surface area contributed by atoms with Gasteiger partial charge in [-0.3, -0.25) is 9.59 Å². The molecule has 1 aromatic carbocycles. The summed E-state index contributed by atoms with van der Waals surface area (Å²) in [7, 11) is 0. The van der Waals surface area contributed by atoms with E-state index < -0.39 is 11.6 Å². The van der Waals surface area contributed by atoms with Crippen molar-refractivity contribution in [2.45, 2.75) is 51.6 Å². The SMILES string of the molecule is CC(C)(C)CC(NC(=O)N1CCOCC1)C(=O)NC1(C#N)CCN(C(=O)c2ccccc2)CC1. The molecule has 4 amide bonds. The molecule has 2 heterocycles. The largest absolute Gasteiger partial charge is 0.378 e. The molecule has 2 N–H and O–H groups in total. The van der Waals surface area contributed by atoms with Crippen molar-refractivity contribution < 1.29 is 19.1 Å². The molecule has 0 saturated carbocycles. The molecule has 2 aliphatic rings. The summed E-state index contributed by atoms with van der Waals surface area (Å²) >= 11 is 0. The minimum atomic E-state index is -1.08. The Labute approximate surface area is 201 Å². The molecule has 0 spiro atoms. The Bertz CT molecular complexity index is 907. The Kier molecular flexibility index (Phi) is 8.15. The van der Waals surface area contributed by atoms with Crippen LogP contribution < -0.4 is 10.6 Å². The Balaban J connectivity index is 1.65. The molecule has 1 unspecified atom stereocenters. The van der Waals surface area contributed by atoms with Gasteiger partial charge in [0.25, 0.3) is 5.91 Å². The van der Waals surface area contributed by atoms with Gasteiger partial charge in [0.2, 0.25) is 5.91 Å². The van der Waals surface area contributed by atoms with Crippen LogP contribution >= 0.6 is 0 Å². The van der Waals surface area contributed by atoms with Gasteiger partial charge >= 0.3 is 6.03 Å². The molecule has 0 radical (unpaired) electrons. The predicted octanol–water partition coefficient (Wildman–Crippen LogP) is 2.15. The Morgan fingerprint density at radius 3 is 2.24 bits per heavy atom. The molecule has 0 aliphatic carbocycles. The van der Waals surface area contributed by atoms with Crippen molar-refractivity contribution in [2.24, 2.45) is 5.41 Å². The number of piperidine rings is 1. The van der Waals surface area contributed by atoms with Crippen molar-refractivity contribution in [3.63, 3.8) is 0 Å². The first-order valence-electron chi connectivity index (χ1n) is 11.8. The van der Waals surface area contributed by atoms with Crippen molar-refractivity contribution >= 4 is 17.8 Å². The third-order valence-corrected chi connectivity index (χ3v) is 6.23. The minimum Gasteiger partial charge on any atom is -0.378 e. The van der Waals surface area contributed by atoms with Gasteiger partial charge in [0.15, 0.2) is 0 Å². The molecule has 1 aromatic rings. The van der Waals surface area contributed by atoms with E-state index in [9.17, 15) is 19.6 Å². The van der Waals surface area contributed by atoms with E-state index in [1.807, 2.05) is 39.0 Å². The summed E-state index contributed by atoms with van der Waals surface area (Å²) in [6, 6.07) is 10.2. The lowest BCUT2D eigenvalue weighted by Crippen LogP contribution is -2.61. The molecule has 9 nitrogen and oxygen atoms in total. The normalized spacial score (nSPS) is 19.0.